The third-order valence-electron chi connectivity index (χ3n) is 4.10. The molecule has 0 saturated heterocycles. The zero-order chi connectivity index (χ0) is 23.9. The molecule has 31 heavy (non-hydrogen) atoms. The fraction of sp³-hybridized carbons (Fsp3) is 0.750. The number of carbonyl (C=O) groups is 5. The number of carbonyl (C=O) groups excluding carboxylic acids is 5. The Bertz CT molecular complexity index is 699. The van der Waals surface area contributed by atoms with Crippen LogP contribution in [0, 0.1) is 0 Å². The first kappa shape index (κ1) is 26.2. The Morgan fingerprint density at radius 1 is 0.677 bits per heavy atom. The van der Waals surface area contributed by atoms with Crippen LogP contribution in [0.3, 0.4) is 0 Å². The van der Waals surface area contributed by atoms with Gasteiger partial charge >= 0.3 is 30.0 Å². The molecule has 0 aliphatic heterocycles. The van der Waals surface area contributed by atoms with E-state index in [1.165, 1.54) is 6.92 Å². The normalized spacial score (nSPS) is 26.0. The number of ether oxygens (including phenoxy) is 5. The molecule has 0 aromatic carbocycles. The number of hydrogen-bond acceptors (Lipinski definition) is 10. The number of amides is 1. The Morgan fingerprint density at radius 3 is 1.58 bits per heavy atom. The van der Waals surface area contributed by atoms with Crippen LogP contribution < -0.4 is 5.32 Å². The lowest BCUT2D eigenvalue weighted by Crippen LogP contribution is -2.56. The molecule has 5 atom stereocenters. The summed E-state index contributed by atoms with van der Waals surface area (Å²) in [5.41, 5.74) is -0.790. The van der Waals surface area contributed by atoms with Gasteiger partial charge < -0.3 is 29.0 Å². The van der Waals surface area contributed by atoms with Crippen LogP contribution in [0.1, 0.15) is 61.3 Å². The van der Waals surface area contributed by atoms with Gasteiger partial charge in [-0.1, -0.05) is 0 Å². The maximum absolute atomic E-state index is 12.4. The Kier molecular flexibility index (Phi) is 9.26. The van der Waals surface area contributed by atoms with Crippen molar-refractivity contribution < 1.29 is 47.7 Å². The number of esters is 4. The first-order valence-corrected chi connectivity index (χ1v) is 9.88. The smallest absolute Gasteiger partial charge is 0.408 e. The van der Waals surface area contributed by atoms with Crippen molar-refractivity contribution in [3.8, 4) is 0 Å². The van der Waals surface area contributed by atoms with Gasteiger partial charge in [-0.3, -0.25) is 19.2 Å². The van der Waals surface area contributed by atoms with Crippen LogP contribution in [-0.4, -0.2) is 66.0 Å². The molecule has 176 valence electrons. The van der Waals surface area contributed by atoms with Gasteiger partial charge in [0.1, 0.15) is 11.7 Å². The first-order chi connectivity index (χ1) is 14.2. The van der Waals surface area contributed by atoms with E-state index in [1.54, 1.807) is 20.8 Å². The molecule has 0 spiro atoms. The molecule has 0 aromatic rings. The minimum atomic E-state index is -1.35. The molecule has 1 amide bonds. The summed E-state index contributed by atoms with van der Waals surface area (Å²) in [7, 11) is 0. The Hall–Kier alpha value is -2.85. The molecular weight excluding hydrogens is 414 g/mol. The summed E-state index contributed by atoms with van der Waals surface area (Å²) < 4.78 is 26.6. The zero-order valence-corrected chi connectivity index (χ0v) is 18.9. The maximum atomic E-state index is 12.4. The predicted octanol–water partition coefficient (Wildman–Crippen LogP) is 1.40. The van der Waals surface area contributed by atoms with Crippen LogP contribution in [0.4, 0.5) is 4.79 Å². The van der Waals surface area contributed by atoms with Crippen LogP contribution in [0.2, 0.25) is 0 Å². The fourth-order valence-electron chi connectivity index (χ4n) is 3.25. The molecular formula is C20H31NO10. The highest BCUT2D eigenvalue weighted by molar-refractivity contribution is 5.70. The van der Waals surface area contributed by atoms with Crippen LogP contribution in [0.15, 0.2) is 0 Å². The number of nitrogens with one attached hydrogen (secondary N) is 1. The van der Waals surface area contributed by atoms with Crippen LogP contribution in [0.5, 0.6) is 0 Å². The predicted molar refractivity (Wildman–Crippen MR) is 105 cm³/mol. The number of rotatable bonds is 5. The summed E-state index contributed by atoms with van der Waals surface area (Å²) >= 11 is 0. The quantitative estimate of drug-likeness (QED) is 0.374. The van der Waals surface area contributed by atoms with Crippen LogP contribution >= 0.6 is 0 Å². The Balaban J connectivity index is 3.39. The standard InChI is InChI=1S/C20H31NO10/c1-10(22)27-15-9-8-14(21-19(26)31-20(5,6)7)16(28-11(2)23)18(30-13(4)25)17(15)29-12(3)24/h14-18H,8-9H2,1-7H3,(H,21,26)/t14-,15+,16+,17+,18+/m0/s1. The SMILES string of the molecule is CC(=O)O[C@@H]1[C@H](OC(C)=O)[C@@H](NC(=O)OC(C)(C)C)CC[C@@H](OC(C)=O)[C@H]1OC(C)=O. The average Bonchev–Trinajstić information content (AvgIpc) is 2.65. The highest BCUT2D eigenvalue weighted by atomic mass is 16.6. The van der Waals surface area contributed by atoms with Crippen molar-refractivity contribution in [1.82, 2.24) is 5.32 Å². The van der Waals surface area contributed by atoms with Gasteiger partial charge in [0, 0.05) is 27.7 Å². The fourth-order valence-corrected chi connectivity index (χ4v) is 3.25. The molecule has 1 N–H and O–H groups in total. The van der Waals surface area contributed by atoms with E-state index in [0.717, 1.165) is 20.8 Å². The summed E-state index contributed by atoms with van der Waals surface area (Å²) in [6, 6.07) is -0.887. The van der Waals surface area contributed by atoms with Gasteiger partial charge in [-0.15, -0.1) is 0 Å². The van der Waals surface area contributed by atoms with E-state index in [9.17, 15) is 24.0 Å². The van der Waals surface area contributed by atoms with Crippen molar-refractivity contribution in [1.29, 1.82) is 0 Å². The summed E-state index contributed by atoms with van der Waals surface area (Å²) in [5, 5.41) is 2.61. The topological polar surface area (TPSA) is 144 Å². The largest absolute Gasteiger partial charge is 0.458 e. The number of hydrogen-bond donors (Lipinski definition) is 1. The van der Waals surface area contributed by atoms with Crippen molar-refractivity contribution >= 4 is 30.0 Å². The van der Waals surface area contributed by atoms with Gasteiger partial charge in [0.25, 0.3) is 0 Å². The second kappa shape index (κ2) is 11.0. The molecule has 11 heteroatoms. The van der Waals surface area contributed by atoms with Crippen molar-refractivity contribution in [2.24, 2.45) is 0 Å². The average molecular weight is 445 g/mol. The van der Waals surface area contributed by atoms with Crippen molar-refractivity contribution in [2.75, 3.05) is 0 Å². The lowest BCUT2D eigenvalue weighted by molar-refractivity contribution is -0.196. The lowest BCUT2D eigenvalue weighted by atomic mass is 10.0. The monoisotopic (exact) mass is 445 g/mol. The van der Waals surface area contributed by atoms with Gasteiger partial charge in [-0.25, -0.2) is 4.79 Å². The highest BCUT2D eigenvalue weighted by Crippen LogP contribution is 2.29. The van der Waals surface area contributed by atoms with Crippen molar-refractivity contribution in [2.45, 2.75) is 97.4 Å². The van der Waals surface area contributed by atoms with E-state index in [2.05, 4.69) is 5.32 Å². The van der Waals surface area contributed by atoms with Crippen molar-refractivity contribution in [3.63, 3.8) is 0 Å². The lowest BCUT2D eigenvalue weighted by Gasteiger charge is -2.35. The van der Waals surface area contributed by atoms with E-state index in [0.29, 0.717) is 0 Å². The molecule has 0 radical (unpaired) electrons. The van der Waals surface area contributed by atoms with Gasteiger partial charge in [-0.05, 0) is 33.6 Å². The second-order valence-corrected chi connectivity index (χ2v) is 8.20. The molecule has 0 bridgehead atoms. The van der Waals surface area contributed by atoms with E-state index < -0.39 is 66.0 Å². The summed E-state index contributed by atoms with van der Waals surface area (Å²) in [6.45, 7) is 9.62. The first-order valence-electron chi connectivity index (χ1n) is 9.88. The summed E-state index contributed by atoms with van der Waals surface area (Å²) in [5.74, 6) is -2.84. The van der Waals surface area contributed by atoms with Gasteiger partial charge in [0.2, 0.25) is 0 Å². The molecule has 1 saturated carbocycles. The van der Waals surface area contributed by atoms with Gasteiger partial charge in [0.15, 0.2) is 18.3 Å². The molecule has 0 unspecified atom stereocenters. The third-order valence-corrected chi connectivity index (χ3v) is 4.10. The molecule has 0 aromatic heterocycles. The van der Waals surface area contributed by atoms with Crippen LogP contribution in [0.25, 0.3) is 0 Å². The maximum Gasteiger partial charge on any atom is 0.408 e. The third kappa shape index (κ3) is 9.22. The van der Waals surface area contributed by atoms with E-state index in [1.807, 2.05) is 0 Å². The highest BCUT2D eigenvalue weighted by Gasteiger charge is 2.49. The molecule has 1 fully saturated rings. The van der Waals surface area contributed by atoms with Crippen molar-refractivity contribution in [3.05, 3.63) is 0 Å². The van der Waals surface area contributed by atoms with Crippen LogP contribution in [-0.2, 0) is 42.9 Å². The van der Waals surface area contributed by atoms with E-state index in [4.69, 9.17) is 23.7 Å². The molecule has 0 heterocycles. The van der Waals surface area contributed by atoms with Gasteiger partial charge in [-0.2, -0.15) is 0 Å². The zero-order valence-electron chi connectivity index (χ0n) is 18.9. The second-order valence-electron chi connectivity index (χ2n) is 8.20. The molecule has 1 aliphatic rings. The Morgan fingerprint density at radius 2 is 1.13 bits per heavy atom. The molecule has 1 aliphatic carbocycles. The number of alkyl carbamates (subject to hydrolysis) is 1. The summed E-state index contributed by atoms with van der Waals surface area (Å²) in [4.78, 5) is 59.3. The molecule has 11 nitrogen and oxygen atoms in total. The summed E-state index contributed by atoms with van der Waals surface area (Å²) in [6.07, 6.45) is -5.38. The van der Waals surface area contributed by atoms with Gasteiger partial charge in [0.05, 0.1) is 6.04 Å². The Labute approximate surface area is 181 Å². The minimum Gasteiger partial charge on any atom is -0.458 e. The minimum absolute atomic E-state index is 0.119. The molecule has 1 rings (SSSR count). The van der Waals surface area contributed by atoms with E-state index >= 15 is 0 Å². The van der Waals surface area contributed by atoms with E-state index in [-0.39, 0.29) is 12.8 Å².